The molecule has 2 aliphatic rings. The topological polar surface area (TPSA) is 45.6 Å². The number of rotatable bonds is 2. The molecule has 0 unspecified atom stereocenters. The van der Waals surface area contributed by atoms with Crippen LogP contribution in [0.15, 0.2) is 23.6 Å². The number of carbonyl (C=O) groups is 1. The maximum Gasteiger partial charge on any atom is 0.253 e. The molecule has 0 N–H and O–H groups in total. The van der Waals surface area contributed by atoms with Gasteiger partial charge in [-0.25, -0.2) is 4.39 Å². The van der Waals surface area contributed by atoms with E-state index >= 15 is 0 Å². The number of anilines is 1. The summed E-state index contributed by atoms with van der Waals surface area (Å²) in [5.74, 6) is -0.245. The predicted molar refractivity (Wildman–Crippen MR) is 61.1 cm³/mol. The van der Waals surface area contributed by atoms with E-state index in [1.807, 2.05) is 0 Å². The molecule has 1 amide bonds. The second kappa shape index (κ2) is 3.91. The van der Waals surface area contributed by atoms with E-state index in [0.29, 0.717) is 12.3 Å². The monoisotopic (exact) mass is 233 g/mol. The maximum atomic E-state index is 13.5. The third-order valence-electron chi connectivity index (χ3n) is 3.35. The Kier molecular flexibility index (Phi) is 2.39. The molecule has 5 heteroatoms. The number of carbonyl (C=O) groups excluding carboxylic acids is 1. The van der Waals surface area contributed by atoms with E-state index in [0.717, 1.165) is 24.8 Å². The normalized spacial score (nSPS) is 20.4. The fraction of sp³-hybridized carbons (Fsp3) is 0.417. The third kappa shape index (κ3) is 1.71. The molecule has 0 atom stereocenters. The van der Waals surface area contributed by atoms with E-state index in [2.05, 4.69) is 10.1 Å². The molecule has 1 aliphatic heterocycles. The summed E-state index contributed by atoms with van der Waals surface area (Å²) in [6, 6.07) is 1.47. The van der Waals surface area contributed by atoms with Gasteiger partial charge in [-0.2, -0.15) is 10.1 Å². The second-order valence-electron chi connectivity index (χ2n) is 4.43. The molecule has 1 aromatic rings. The average molecular weight is 233 g/mol. The van der Waals surface area contributed by atoms with Crippen LogP contribution in [0.3, 0.4) is 0 Å². The van der Waals surface area contributed by atoms with Crippen LogP contribution in [0.4, 0.5) is 10.1 Å². The van der Waals surface area contributed by atoms with Crippen LogP contribution in [0, 0.1) is 11.7 Å². The minimum atomic E-state index is -0.514. The summed E-state index contributed by atoms with van der Waals surface area (Å²) in [4.78, 5) is 15.5. The van der Waals surface area contributed by atoms with Crippen molar-refractivity contribution in [1.29, 1.82) is 0 Å². The quantitative estimate of drug-likeness (QED) is 0.785. The first-order valence-corrected chi connectivity index (χ1v) is 5.75. The SMILES string of the molecule is O=C1CC(C2CCC2)=NN1c1ccncc1F. The Morgan fingerprint density at radius 3 is 2.88 bits per heavy atom. The first-order chi connectivity index (χ1) is 8.25. The first kappa shape index (κ1) is 10.4. The van der Waals surface area contributed by atoms with E-state index in [1.54, 1.807) is 0 Å². The van der Waals surface area contributed by atoms with Crippen molar-refractivity contribution in [1.82, 2.24) is 4.98 Å². The van der Waals surface area contributed by atoms with Gasteiger partial charge in [-0.1, -0.05) is 6.42 Å². The zero-order valence-electron chi connectivity index (χ0n) is 9.27. The summed E-state index contributed by atoms with van der Waals surface area (Å²) in [6.45, 7) is 0. The lowest BCUT2D eigenvalue weighted by molar-refractivity contribution is -0.117. The van der Waals surface area contributed by atoms with Gasteiger partial charge in [-0.3, -0.25) is 9.78 Å². The molecule has 0 spiro atoms. The van der Waals surface area contributed by atoms with Crippen LogP contribution in [0.5, 0.6) is 0 Å². The number of hydrogen-bond acceptors (Lipinski definition) is 3. The van der Waals surface area contributed by atoms with Gasteiger partial charge in [0, 0.05) is 6.20 Å². The molecular weight excluding hydrogens is 221 g/mol. The standard InChI is InChI=1S/C12H12FN3O/c13-9-7-14-5-4-11(9)16-12(17)6-10(15-16)8-2-1-3-8/h4-5,7-8H,1-3,6H2. The lowest BCUT2D eigenvalue weighted by atomic mass is 9.81. The number of amides is 1. The van der Waals surface area contributed by atoms with Gasteiger partial charge < -0.3 is 0 Å². The highest BCUT2D eigenvalue weighted by Crippen LogP contribution is 2.33. The van der Waals surface area contributed by atoms with Gasteiger partial charge in [0.25, 0.3) is 5.91 Å². The summed E-state index contributed by atoms with van der Waals surface area (Å²) in [5.41, 5.74) is 1.09. The van der Waals surface area contributed by atoms with E-state index < -0.39 is 5.82 Å². The number of hydrogen-bond donors (Lipinski definition) is 0. The summed E-state index contributed by atoms with van der Waals surface area (Å²) < 4.78 is 13.5. The van der Waals surface area contributed by atoms with E-state index in [-0.39, 0.29) is 11.6 Å². The number of aromatic nitrogens is 1. The fourth-order valence-electron chi connectivity index (χ4n) is 2.14. The Hall–Kier alpha value is -1.78. The highest BCUT2D eigenvalue weighted by Gasteiger charge is 2.33. The van der Waals surface area contributed by atoms with Gasteiger partial charge in [-0.05, 0) is 24.8 Å². The molecule has 3 rings (SSSR count). The average Bonchev–Trinajstić information content (AvgIpc) is 2.58. The van der Waals surface area contributed by atoms with E-state index in [4.69, 9.17) is 0 Å². The van der Waals surface area contributed by atoms with Crippen molar-refractivity contribution >= 4 is 17.3 Å². The molecule has 0 bridgehead atoms. The second-order valence-corrected chi connectivity index (χ2v) is 4.43. The molecule has 2 heterocycles. The van der Waals surface area contributed by atoms with Crippen LogP contribution in [0.2, 0.25) is 0 Å². The van der Waals surface area contributed by atoms with Crippen molar-refractivity contribution in [3.63, 3.8) is 0 Å². The van der Waals surface area contributed by atoms with Crippen LogP contribution in [-0.4, -0.2) is 16.6 Å². The molecule has 0 radical (unpaired) electrons. The molecular formula is C12H12FN3O. The van der Waals surface area contributed by atoms with Crippen LogP contribution >= 0.6 is 0 Å². The molecule has 17 heavy (non-hydrogen) atoms. The summed E-state index contributed by atoms with van der Waals surface area (Å²) >= 11 is 0. The van der Waals surface area contributed by atoms with Crippen molar-refractivity contribution in [2.75, 3.05) is 5.01 Å². The van der Waals surface area contributed by atoms with Gasteiger partial charge in [0.1, 0.15) is 5.69 Å². The summed E-state index contributed by atoms with van der Waals surface area (Å²) in [6.07, 6.45) is 6.27. The van der Waals surface area contributed by atoms with E-state index in [9.17, 15) is 9.18 Å². The fourth-order valence-corrected chi connectivity index (χ4v) is 2.14. The third-order valence-corrected chi connectivity index (χ3v) is 3.35. The van der Waals surface area contributed by atoms with Gasteiger partial charge in [-0.15, -0.1) is 0 Å². The molecule has 0 aromatic carbocycles. The number of hydrazone groups is 1. The predicted octanol–water partition coefficient (Wildman–Crippen LogP) is 2.11. The van der Waals surface area contributed by atoms with Crippen molar-refractivity contribution in [2.24, 2.45) is 11.0 Å². The summed E-state index contributed by atoms with van der Waals surface area (Å²) in [5, 5.41) is 5.43. The lowest BCUT2D eigenvalue weighted by Crippen LogP contribution is -2.21. The minimum Gasteiger partial charge on any atom is -0.272 e. The number of halogens is 1. The number of nitrogens with zero attached hydrogens (tertiary/aromatic N) is 3. The highest BCUT2D eigenvalue weighted by molar-refractivity contribution is 6.13. The van der Waals surface area contributed by atoms with Crippen molar-refractivity contribution in [2.45, 2.75) is 25.7 Å². The van der Waals surface area contributed by atoms with Gasteiger partial charge in [0.15, 0.2) is 5.82 Å². The highest BCUT2D eigenvalue weighted by atomic mass is 19.1. The zero-order chi connectivity index (χ0) is 11.8. The maximum absolute atomic E-state index is 13.5. The first-order valence-electron chi connectivity index (χ1n) is 5.75. The molecule has 1 saturated carbocycles. The van der Waals surface area contributed by atoms with Crippen LogP contribution in [0.1, 0.15) is 25.7 Å². The Morgan fingerprint density at radius 2 is 2.24 bits per heavy atom. The Balaban J connectivity index is 1.90. The molecule has 1 fully saturated rings. The summed E-state index contributed by atoms with van der Waals surface area (Å²) in [7, 11) is 0. The molecule has 0 saturated heterocycles. The zero-order valence-corrected chi connectivity index (χ0v) is 9.27. The molecule has 1 aromatic heterocycles. The van der Waals surface area contributed by atoms with Crippen molar-refractivity contribution in [3.05, 3.63) is 24.3 Å². The van der Waals surface area contributed by atoms with Crippen molar-refractivity contribution < 1.29 is 9.18 Å². The molecule has 88 valence electrons. The van der Waals surface area contributed by atoms with Gasteiger partial charge in [0.05, 0.1) is 18.3 Å². The molecule has 1 aliphatic carbocycles. The van der Waals surface area contributed by atoms with Crippen LogP contribution < -0.4 is 5.01 Å². The van der Waals surface area contributed by atoms with Crippen LogP contribution in [0.25, 0.3) is 0 Å². The van der Waals surface area contributed by atoms with Gasteiger partial charge >= 0.3 is 0 Å². The Labute approximate surface area is 98.1 Å². The lowest BCUT2D eigenvalue weighted by Gasteiger charge is -2.24. The molecule has 4 nitrogen and oxygen atoms in total. The smallest absolute Gasteiger partial charge is 0.253 e. The van der Waals surface area contributed by atoms with Crippen molar-refractivity contribution in [3.8, 4) is 0 Å². The largest absolute Gasteiger partial charge is 0.272 e. The minimum absolute atomic E-state index is 0.156. The Bertz CT molecular complexity index is 496. The van der Waals surface area contributed by atoms with Crippen LogP contribution in [-0.2, 0) is 4.79 Å². The van der Waals surface area contributed by atoms with Gasteiger partial charge in [0.2, 0.25) is 0 Å². The van der Waals surface area contributed by atoms with E-state index in [1.165, 1.54) is 23.7 Å². The Morgan fingerprint density at radius 1 is 1.41 bits per heavy atom. The number of pyridine rings is 1.